The van der Waals surface area contributed by atoms with Crippen molar-refractivity contribution in [1.29, 1.82) is 0 Å². The van der Waals surface area contributed by atoms with E-state index in [-0.39, 0.29) is 6.61 Å². The van der Waals surface area contributed by atoms with Gasteiger partial charge in [0.15, 0.2) is 0 Å². The molecule has 0 rings (SSSR count). The molecule has 0 aromatic heterocycles. The summed E-state index contributed by atoms with van der Waals surface area (Å²) in [7, 11) is -3.79. The van der Waals surface area contributed by atoms with E-state index in [4.69, 9.17) is 9.98 Å². The Morgan fingerprint density at radius 2 is 1.23 bits per heavy atom. The van der Waals surface area contributed by atoms with Crippen LogP contribution in [0.4, 0.5) is 0 Å². The summed E-state index contributed by atoms with van der Waals surface area (Å²) in [5.41, 5.74) is 5.40. The minimum absolute atomic E-state index is 0.168. The maximum atomic E-state index is 10.6. The van der Waals surface area contributed by atoms with Crippen LogP contribution in [0.2, 0.25) is 0 Å². The summed E-state index contributed by atoms with van der Waals surface area (Å²) in [4.78, 5) is 6.53. The molecule has 0 atom stereocenters. The second-order valence-electron chi connectivity index (χ2n) is 6.99. The van der Waals surface area contributed by atoms with E-state index >= 15 is 0 Å². The highest BCUT2D eigenvalue weighted by atomic mass is 32.2. The molecule has 0 radical (unpaired) electrons. The molecule has 26 heavy (non-hydrogen) atoms. The molecule has 0 spiro atoms. The maximum absolute atomic E-state index is 10.6. The Balaban J connectivity index is 4.01. The van der Waals surface area contributed by atoms with Crippen LogP contribution in [-0.2, 0) is 15.0 Å². The summed E-state index contributed by atoms with van der Waals surface area (Å²) in [6.07, 6.45) is 15.1. The zero-order valence-corrected chi connectivity index (χ0v) is 17.8. The molecule has 5 nitrogen and oxygen atoms in total. The van der Waals surface area contributed by atoms with Crippen molar-refractivity contribution in [2.24, 2.45) is 5.14 Å². The Labute approximate surface area is 160 Å². The molecule has 0 aromatic rings. The molecule has 6 heteroatoms. The van der Waals surface area contributed by atoms with Gasteiger partial charge in [-0.2, -0.15) is 8.42 Å². The molecule has 0 bridgehead atoms. The highest BCUT2D eigenvalue weighted by Gasteiger charge is 1.98. The summed E-state index contributed by atoms with van der Waals surface area (Å²) in [6.45, 7) is 10.8. The van der Waals surface area contributed by atoms with Gasteiger partial charge in [0.25, 0.3) is 10.2 Å². The first-order valence-electron chi connectivity index (χ1n) is 9.11. The summed E-state index contributed by atoms with van der Waals surface area (Å²) >= 11 is 0. The molecule has 150 valence electrons. The van der Waals surface area contributed by atoms with Crippen LogP contribution in [0.15, 0.2) is 46.6 Å². The van der Waals surface area contributed by atoms with Gasteiger partial charge in [-0.15, -0.1) is 0 Å². The highest BCUT2D eigenvalue weighted by Crippen LogP contribution is 2.13. The third-order valence-electron chi connectivity index (χ3n) is 3.84. The van der Waals surface area contributed by atoms with Crippen molar-refractivity contribution in [3.05, 3.63) is 46.6 Å². The SMILES string of the molecule is CC(C)=CCCC(C)=CCCC(C)=CCCC(C)=CCONS(N)(=O)=O. The van der Waals surface area contributed by atoms with Gasteiger partial charge >= 0.3 is 0 Å². The highest BCUT2D eigenvalue weighted by molar-refractivity contribution is 7.87. The van der Waals surface area contributed by atoms with Crippen molar-refractivity contribution < 1.29 is 13.3 Å². The van der Waals surface area contributed by atoms with Crippen LogP contribution >= 0.6 is 0 Å². The molecule has 0 saturated heterocycles. The quantitative estimate of drug-likeness (QED) is 0.270. The lowest BCUT2D eigenvalue weighted by atomic mass is 10.0. The van der Waals surface area contributed by atoms with Gasteiger partial charge in [0.1, 0.15) is 0 Å². The number of nitrogens with two attached hydrogens (primary N) is 1. The largest absolute Gasteiger partial charge is 0.296 e. The lowest BCUT2D eigenvalue weighted by Crippen LogP contribution is -2.30. The van der Waals surface area contributed by atoms with Gasteiger partial charge in [-0.25, -0.2) is 5.14 Å². The van der Waals surface area contributed by atoms with Gasteiger partial charge in [-0.1, -0.05) is 51.5 Å². The second kappa shape index (κ2) is 13.9. The molecule has 0 aromatic carbocycles. The average molecular weight is 385 g/mol. The first kappa shape index (κ1) is 24.8. The predicted molar refractivity (Wildman–Crippen MR) is 111 cm³/mol. The van der Waals surface area contributed by atoms with Gasteiger partial charge in [0.2, 0.25) is 0 Å². The number of rotatable bonds is 13. The third-order valence-corrected chi connectivity index (χ3v) is 4.19. The number of nitrogens with one attached hydrogen (secondary N) is 1. The molecule has 0 aliphatic rings. The molecule has 0 saturated carbocycles. The summed E-state index contributed by atoms with van der Waals surface area (Å²) < 4.78 is 21.3. The molecule has 0 aliphatic heterocycles. The van der Waals surface area contributed by atoms with Crippen molar-refractivity contribution in [3.63, 3.8) is 0 Å². The molecule has 0 aliphatic carbocycles. The molecule has 0 amide bonds. The Bertz CT molecular complexity index is 625. The molecule has 0 heterocycles. The fourth-order valence-electron chi connectivity index (χ4n) is 2.29. The van der Waals surface area contributed by atoms with Crippen molar-refractivity contribution in [2.75, 3.05) is 6.61 Å². The Hall–Kier alpha value is -1.21. The van der Waals surface area contributed by atoms with Crippen LogP contribution in [0.1, 0.15) is 73.1 Å². The van der Waals surface area contributed by atoms with Gasteiger partial charge in [0, 0.05) is 0 Å². The van der Waals surface area contributed by atoms with Crippen LogP contribution in [0.25, 0.3) is 0 Å². The summed E-state index contributed by atoms with van der Waals surface area (Å²) in [5, 5.41) is 4.76. The van der Waals surface area contributed by atoms with Crippen LogP contribution in [0, 0.1) is 0 Å². The Morgan fingerprint density at radius 1 is 0.808 bits per heavy atom. The fourth-order valence-corrected chi connectivity index (χ4v) is 2.52. The van der Waals surface area contributed by atoms with Crippen molar-refractivity contribution >= 4 is 10.2 Å². The van der Waals surface area contributed by atoms with Crippen LogP contribution in [-0.4, -0.2) is 15.0 Å². The van der Waals surface area contributed by atoms with Crippen LogP contribution in [0.5, 0.6) is 0 Å². The van der Waals surface area contributed by atoms with Crippen molar-refractivity contribution in [1.82, 2.24) is 4.89 Å². The summed E-state index contributed by atoms with van der Waals surface area (Å²) in [6, 6.07) is 0. The normalized spacial score (nSPS) is 13.8. The maximum Gasteiger partial charge on any atom is 0.296 e. The Kier molecular flexibility index (Phi) is 13.3. The minimum Gasteiger partial charge on any atom is -0.282 e. The minimum atomic E-state index is -3.79. The lowest BCUT2D eigenvalue weighted by molar-refractivity contribution is 0.119. The number of allylic oxidation sites excluding steroid dienone is 7. The topological polar surface area (TPSA) is 81.4 Å². The fraction of sp³-hybridized carbons (Fsp3) is 0.600. The standard InChI is InChI=1S/C20H36N2O3S/c1-17(2)9-6-10-18(3)11-7-12-19(4)13-8-14-20(5)15-16-25-22-26(21,23)24/h9,11,13,15,22H,6-8,10,12,14,16H2,1-5H3,(H2,21,23,24). The summed E-state index contributed by atoms with van der Waals surface area (Å²) in [5.74, 6) is 0. The van der Waals surface area contributed by atoms with E-state index in [0.717, 1.165) is 44.1 Å². The molecule has 0 fully saturated rings. The first-order valence-corrected chi connectivity index (χ1v) is 10.7. The van der Waals surface area contributed by atoms with Crippen molar-refractivity contribution in [3.8, 4) is 0 Å². The van der Waals surface area contributed by atoms with E-state index < -0.39 is 10.2 Å². The van der Waals surface area contributed by atoms with Crippen LogP contribution < -0.4 is 10.0 Å². The van der Waals surface area contributed by atoms with E-state index in [1.165, 1.54) is 16.7 Å². The van der Waals surface area contributed by atoms with E-state index in [9.17, 15) is 8.42 Å². The van der Waals surface area contributed by atoms with E-state index in [2.05, 4.69) is 45.9 Å². The van der Waals surface area contributed by atoms with Crippen LogP contribution in [0.3, 0.4) is 0 Å². The monoisotopic (exact) mass is 384 g/mol. The zero-order chi connectivity index (χ0) is 20.0. The first-order chi connectivity index (χ1) is 12.1. The smallest absolute Gasteiger partial charge is 0.282 e. The molecule has 0 unspecified atom stereocenters. The molecular weight excluding hydrogens is 348 g/mol. The number of hydrogen-bond donors (Lipinski definition) is 2. The van der Waals surface area contributed by atoms with Crippen molar-refractivity contribution in [2.45, 2.75) is 73.1 Å². The van der Waals surface area contributed by atoms with E-state index in [1.807, 2.05) is 13.0 Å². The van der Waals surface area contributed by atoms with Gasteiger partial charge in [-0.05, 0) is 73.1 Å². The van der Waals surface area contributed by atoms with E-state index in [1.54, 1.807) is 4.89 Å². The second-order valence-corrected chi connectivity index (χ2v) is 8.24. The number of hydrogen-bond acceptors (Lipinski definition) is 3. The molecular formula is C20H36N2O3S. The van der Waals surface area contributed by atoms with E-state index in [0.29, 0.717) is 0 Å². The zero-order valence-electron chi connectivity index (χ0n) is 17.0. The molecule has 3 N–H and O–H groups in total. The lowest BCUT2D eigenvalue weighted by Gasteiger charge is -2.03. The van der Waals surface area contributed by atoms with Gasteiger partial charge in [-0.3, -0.25) is 4.84 Å². The van der Waals surface area contributed by atoms with Gasteiger partial charge < -0.3 is 0 Å². The Morgan fingerprint density at radius 3 is 1.65 bits per heavy atom. The average Bonchev–Trinajstić information content (AvgIpc) is 2.50. The van der Waals surface area contributed by atoms with Gasteiger partial charge in [0.05, 0.1) is 6.61 Å². The predicted octanol–water partition coefficient (Wildman–Crippen LogP) is 4.86. The third kappa shape index (κ3) is 17.6.